The van der Waals surface area contributed by atoms with Crippen molar-refractivity contribution in [1.82, 2.24) is 9.80 Å². The number of carbonyl (C=O) groups is 2. The number of piperidine rings is 1. The van der Waals surface area contributed by atoms with Crippen LogP contribution in [-0.2, 0) is 11.2 Å². The van der Waals surface area contributed by atoms with Crippen molar-refractivity contribution in [2.75, 3.05) is 47.4 Å². The van der Waals surface area contributed by atoms with E-state index >= 15 is 0 Å². The first-order valence-electron chi connectivity index (χ1n) is 10.8. The van der Waals surface area contributed by atoms with E-state index in [-0.39, 0.29) is 5.91 Å². The number of hydrogen-bond donors (Lipinski definition) is 0. The molecule has 166 valence electrons. The molecule has 0 saturated carbocycles. The zero-order valence-corrected chi connectivity index (χ0v) is 18.7. The van der Waals surface area contributed by atoms with Gasteiger partial charge in [0.2, 0.25) is 0 Å². The minimum atomic E-state index is -0.401. The molecule has 0 radical (unpaired) electrons. The van der Waals surface area contributed by atoms with Gasteiger partial charge in [0, 0.05) is 18.7 Å². The highest BCUT2D eigenvalue weighted by atomic mass is 16.5. The molecule has 31 heavy (non-hydrogen) atoms. The molecule has 1 aliphatic rings. The molecule has 0 spiro atoms. The molecule has 0 atom stereocenters. The Bertz CT molecular complexity index is 856. The van der Waals surface area contributed by atoms with Crippen molar-refractivity contribution in [2.45, 2.75) is 19.3 Å². The topological polar surface area (TPSA) is 59.1 Å². The van der Waals surface area contributed by atoms with Crippen LogP contribution in [0, 0.1) is 5.92 Å². The Balaban J connectivity index is 1.71. The lowest BCUT2D eigenvalue weighted by Crippen LogP contribution is -2.40. The van der Waals surface area contributed by atoms with Gasteiger partial charge in [-0.05, 0) is 87.3 Å². The predicted molar refractivity (Wildman–Crippen MR) is 121 cm³/mol. The normalized spacial score (nSPS) is 14.8. The van der Waals surface area contributed by atoms with Gasteiger partial charge in [-0.3, -0.25) is 4.79 Å². The predicted octanol–water partition coefficient (Wildman–Crippen LogP) is 3.51. The van der Waals surface area contributed by atoms with E-state index in [9.17, 15) is 9.59 Å². The van der Waals surface area contributed by atoms with Gasteiger partial charge in [0.1, 0.15) is 5.75 Å². The number of amides is 1. The first kappa shape index (κ1) is 22.8. The maximum Gasteiger partial charge on any atom is 0.337 e. The van der Waals surface area contributed by atoms with E-state index < -0.39 is 5.97 Å². The first-order chi connectivity index (χ1) is 15.0. The smallest absolute Gasteiger partial charge is 0.337 e. The summed E-state index contributed by atoms with van der Waals surface area (Å²) in [5.74, 6) is 0.935. The minimum absolute atomic E-state index is 0.00357. The molecule has 2 aromatic carbocycles. The Morgan fingerprint density at radius 1 is 0.968 bits per heavy atom. The molecule has 0 N–H and O–H groups in total. The average molecular weight is 425 g/mol. The van der Waals surface area contributed by atoms with Crippen molar-refractivity contribution in [2.24, 2.45) is 5.92 Å². The second-order valence-electron chi connectivity index (χ2n) is 8.16. The fraction of sp³-hybridized carbons (Fsp3) is 0.440. The summed E-state index contributed by atoms with van der Waals surface area (Å²) in [6, 6.07) is 14.7. The Hall–Kier alpha value is -2.86. The molecule has 2 aromatic rings. The van der Waals surface area contributed by atoms with E-state index in [1.54, 1.807) is 31.4 Å². The number of likely N-dealkylation sites (tertiary alicyclic amines) is 1. The SMILES string of the molecule is COC(=O)c1ccc(C(=O)N(CCc2ccc(OC)cc2)CC2CCN(C)CC2)cc1. The van der Waals surface area contributed by atoms with Crippen molar-refractivity contribution in [3.05, 3.63) is 65.2 Å². The summed E-state index contributed by atoms with van der Waals surface area (Å²) >= 11 is 0. The highest BCUT2D eigenvalue weighted by Gasteiger charge is 2.23. The summed E-state index contributed by atoms with van der Waals surface area (Å²) in [7, 11) is 5.15. The van der Waals surface area contributed by atoms with Crippen molar-refractivity contribution < 1.29 is 19.1 Å². The maximum absolute atomic E-state index is 13.3. The van der Waals surface area contributed by atoms with Crippen LogP contribution < -0.4 is 4.74 Å². The Morgan fingerprint density at radius 2 is 1.58 bits per heavy atom. The quantitative estimate of drug-likeness (QED) is 0.607. The van der Waals surface area contributed by atoms with E-state index in [2.05, 4.69) is 11.9 Å². The number of nitrogens with zero attached hydrogens (tertiary/aromatic N) is 2. The lowest BCUT2D eigenvalue weighted by atomic mass is 9.96. The molecule has 1 amide bonds. The Kier molecular flexibility index (Phi) is 8.06. The van der Waals surface area contributed by atoms with E-state index in [1.165, 1.54) is 12.7 Å². The van der Waals surface area contributed by atoms with Gasteiger partial charge in [-0.1, -0.05) is 12.1 Å². The number of hydrogen-bond acceptors (Lipinski definition) is 5. The summed E-state index contributed by atoms with van der Waals surface area (Å²) in [5, 5.41) is 0. The molecular weight excluding hydrogens is 392 g/mol. The zero-order valence-electron chi connectivity index (χ0n) is 18.7. The van der Waals surface area contributed by atoms with E-state index in [1.807, 2.05) is 29.2 Å². The molecule has 1 aliphatic heterocycles. The molecule has 1 fully saturated rings. The van der Waals surface area contributed by atoms with Crippen molar-refractivity contribution in [1.29, 1.82) is 0 Å². The summed E-state index contributed by atoms with van der Waals surface area (Å²) < 4.78 is 9.98. The molecule has 0 unspecified atom stereocenters. The van der Waals surface area contributed by atoms with Gasteiger partial charge in [-0.15, -0.1) is 0 Å². The maximum atomic E-state index is 13.3. The molecule has 6 nitrogen and oxygen atoms in total. The van der Waals surface area contributed by atoms with Gasteiger partial charge >= 0.3 is 5.97 Å². The van der Waals surface area contributed by atoms with Gasteiger partial charge in [-0.25, -0.2) is 4.79 Å². The molecule has 3 rings (SSSR count). The fourth-order valence-electron chi connectivity index (χ4n) is 3.94. The van der Waals surface area contributed by atoms with E-state index in [0.717, 1.165) is 44.6 Å². The second-order valence-corrected chi connectivity index (χ2v) is 8.16. The van der Waals surface area contributed by atoms with Crippen LogP contribution in [0.3, 0.4) is 0 Å². The molecule has 0 aliphatic carbocycles. The summed E-state index contributed by atoms with van der Waals surface area (Å²) in [6.07, 6.45) is 2.98. The molecule has 6 heteroatoms. The number of rotatable bonds is 8. The van der Waals surface area contributed by atoms with Crippen molar-refractivity contribution in [3.8, 4) is 5.75 Å². The van der Waals surface area contributed by atoms with Crippen molar-refractivity contribution in [3.63, 3.8) is 0 Å². The van der Waals surface area contributed by atoms with Gasteiger partial charge in [-0.2, -0.15) is 0 Å². The second kappa shape index (κ2) is 11.0. The average Bonchev–Trinajstić information content (AvgIpc) is 2.82. The van der Waals surface area contributed by atoms with Crippen LogP contribution >= 0.6 is 0 Å². The first-order valence-corrected chi connectivity index (χ1v) is 10.8. The lowest BCUT2D eigenvalue weighted by molar-refractivity contribution is 0.0599. The standard InChI is InChI=1S/C25H32N2O4/c1-26-15-12-20(13-16-26)18-27(17-14-19-4-10-23(30-2)11-5-19)24(28)21-6-8-22(9-7-21)25(29)31-3/h4-11,20H,12-18H2,1-3H3. The molecule has 0 bridgehead atoms. The van der Waals surface area contributed by atoms with Gasteiger partial charge in [0.15, 0.2) is 0 Å². The number of methoxy groups -OCH3 is 2. The summed E-state index contributed by atoms with van der Waals surface area (Å²) in [4.78, 5) is 29.3. The third kappa shape index (κ3) is 6.31. The van der Waals surface area contributed by atoms with Crippen LogP contribution in [0.1, 0.15) is 39.1 Å². The van der Waals surface area contributed by atoms with Gasteiger partial charge in [0.25, 0.3) is 5.91 Å². The van der Waals surface area contributed by atoms with Crippen molar-refractivity contribution >= 4 is 11.9 Å². The van der Waals surface area contributed by atoms with Crippen LogP contribution in [0.4, 0.5) is 0 Å². The summed E-state index contributed by atoms with van der Waals surface area (Å²) in [6.45, 7) is 3.54. The third-order valence-electron chi connectivity index (χ3n) is 5.99. The number of carbonyl (C=O) groups excluding carboxylic acids is 2. The highest BCUT2D eigenvalue weighted by Crippen LogP contribution is 2.20. The van der Waals surface area contributed by atoms with Gasteiger partial charge < -0.3 is 19.3 Å². The molecule has 1 heterocycles. The lowest BCUT2D eigenvalue weighted by Gasteiger charge is -2.33. The fourth-order valence-corrected chi connectivity index (χ4v) is 3.94. The minimum Gasteiger partial charge on any atom is -0.497 e. The zero-order chi connectivity index (χ0) is 22.2. The van der Waals surface area contributed by atoms with E-state index in [4.69, 9.17) is 9.47 Å². The highest BCUT2D eigenvalue weighted by molar-refractivity contribution is 5.96. The molecule has 0 aromatic heterocycles. The van der Waals surface area contributed by atoms with Crippen LogP contribution in [-0.4, -0.2) is 69.1 Å². The number of benzene rings is 2. The third-order valence-corrected chi connectivity index (χ3v) is 5.99. The largest absolute Gasteiger partial charge is 0.497 e. The Labute approximate surface area is 184 Å². The van der Waals surface area contributed by atoms with Crippen LogP contribution in [0.2, 0.25) is 0 Å². The van der Waals surface area contributed by atoms with Crippen LogP contribution in [0.25, 0.3) is 0 Å². The van der Waals surface area contributed by atoms with Gasteiger partial charge in [0.05, 0.1) is 19.8 Å². The van der Waals surface area contributed by atoms with Crippen LogP contribution in [0.15, 0.2) is 48.5 Å². The Morgan fingerprint density at radius 3 is 2.16 bits per heavy atom. The number of esters is 1. The monoisotopic (exact) mass is 424 g/mol. The van der Waals surface area contributed by atoms with E-state index in [0.29, 0.717) is 23.6 Å². The van der Waals surface area contributed by atoms with Crippen LogP contribution in [0.5, 0.6) is 5.75 Å². The molecule has 1 saturated heterocycles. The molecular formula is C25H32N2O4. The number of ether oxygens (including phenoxy) is 2. The summed E-state index contributed by atoms with van der Waals surface area (Å²) in [5.41, 5.74) is 2.21.